The molecule has 8 nitrogen and oxygen atoms in total. The Morgan fingerprint density at radius 3 is 2.63 bits per heavy atom. The van der Waals surface area contributed by atoms with Gasteiger partial charge in [0.2, 0.25) is 0 Å². The van der Waals surface area contributed by atoms with Gasteiger partial charge in [0.15, 0.2) is 11.9 Å². The molecule has 140 valence electrons. The lowest BCUT2D eigenvalue weighted by atomic mass is 10.2. The smallest absolute Gasteiger partial charge is 0.342 e. The van der Waals surface area contributed by atoms with Crippen molar-refractivity contribution in [2.24, 2.45) is 0 Å². The van der Waals surface area contributed by atoms with Crippen molar-refractivity contribution >= 4 is 17.7 Å². The van der Waals surface area contributed by atoms with Crippen molar-refractivity contribution < 1.29 is 18.8 Å². The van der Waals surface area contributed by atoms with Crippen LogP contribution in [0.4, 0.5) is 5.82 Å². The highest BCUT2D eigenvalue weighted by atomic mass is 16.5. The first-order valence-corrected chi connectivity index (χ1v) is 8.54. The van der Waals surface area contributed by atoms with E-state index in [1.54, 1.807) is 31.5 Å². The molecule has 0 aliphatic rings. The third-order valence-electron chi connectivity index (χ3n) is 4.02. The maximum absolute atomic E-state index is 12.6. The fourth-order valence-electron chi connectivity index (χ4n) is 2.59. The first-order valence-electron chi connectivity index (χ1n) is 8.54. The van der Waals surface area contributed by atoms with E-state index in [-0.39, 0.29) is 5.82 Å². The Kier molecular flexibility index (Phi) is 5.35. The quantitative estimate of drug-likeness (QED) is 0.671. The van der Waals surface area contributed by atoms with Gasteiger partial charge < -0.3 is 14.6 Å². The summed E-state index contributed by atoms with van der Waals surface area (Å²) in [4.78, 5) is 24.9. The summed E-state index contributed by atoms with van der Waals surface area (Å²) in [5.74, 6) is -0.223. The van der Waals surface area contributed by atoms with Crippen LogP contribution < -0.4 is 5.32 Å². The van der Waals surface area contributed by atoms with E-state index in [0.29, 0.717) is 23.4 Å². The number of aromatic nitrogens is 3. The van der Waals surface area contributed by atoms with Crippen LogP contribution in [0.15, 0.2) is 47.1 Å². The van der Waals surface area contributed by atoms with Crippen molar-refractivity contribution in [3.05, 3.63) is 59.6 Å². The third kappa shape index (κ3) is 4.05. The largest absolute Gasteiger partial charge is 0.449 e. The number of nitrogens with zero attached hydrogens (tertiary/aromatic N) is 3. The molecule has 0 spiro atoms. The Morgan fingerprint density at radius 1 is 1.26 bits per heavy atom. The molecule has 1 unspecified atom stereocenters. The minimum Gasteiger partial charge on any atom is -0.449 e. The summed E-state index contributed by atoms with van der Waals surface area (Å²) in [6.45, 7) is 5.24. The highest BCUT2D eigenvalue weighted by Gasteiger charge is 2.25. The number of carbonyl (C=O) groups is 2. The second-order valence-corrected chi connectivity index (χ2v) is 6.01. The minimum absolute atomic E-state index is 0.278. The molecular formula is C19H20N4O4. The second-order valence-electron chi connectivity index (χ2n) is 6.01. The lowest BCUT2D eigenvalue weighted by molar-refractivity contribution is -0.124. The number of carbonyl (C=O) groups excluding carboxylic acids is 2. The van der Waals surface area contributed by atoms with E-state index in [0.717, 1.165) is 5.69 Å². The third-order valence-corrected chi connectivity index (χ3v) is 4.02. The number of hydrogen-bond acceptors (Lipinski definition) is 6. The van der Waals surface area contributed by atoms with Gasteiger partial charge in [-0.2, -0.15) is 5.10 Å². The van der Waals surface area contributed by atoms with Crippen molar-refractivity contribution in [2.75, 3.05) is 5.32 Å². The number of esters is 1. The molecule has 1 amide bonds. The average Bonchev–Trinajstić information content (AvgIpc) is 3.25. The topological polar surface area (TPSA) is 99.2 Å². The number of aryl methyl sites for hydroxylation is 1. The maximum Gasteiger partial charge on any atom is 0.342 e. The van der Waals surface area contributed by atoms with E-state index in [9.17, 15) is 9.59 Å². The van der Waals surface area contributed by atoms with Crippen molar-refractivity contribution in [1.29, 1.82) is 0 Å². The number of ether oxygens (including phenoxy) is 1. The number of rotatable bonds is 6. The van der Waals surface area contributed by atoms with Crippen LogP contribution in [-0.4, -0.2) is 32.9 Å². The van der Waals surface area contributed by atoms with Gasteiger partial charge in [-0.1, -0.05) is 30.3 Å². The van der Waals surface area contributed by atoms with E-state index < -0.39 is 18.0 Å². The van der Waals surface area contributed by atoms with E-state index in [2.05, 4.69) is 15.6 Å². The lowest BCUT2D eigenvalue weighted by Gasteiger charge is -2.15. The van der Waals surface area contributed by atoms with Crippen molar-refractivity contribution in [2.45, 2.75) is 33.3 Å². The molecule has 1 aromatic carbocycles. The van der Waals surface area contributed by atoms with Crippen LogP contribution in [0.25, 0.3) is 5.69 Å². The van der Waals surface area contributed by atoms with Crippen LogP contribution in [0, 0.1) is 13.8 Å². The Hall–Kier alpha value is -3.42. The summed E-state index contributed by atoms with van der Waals surface area (Å²) in [6, 6.07) is 11.0. The van der Waals surface area contributed by atoms with Crippen LogP contribution in [0.5, 0.6) is 0 Å². The SMILES string of the molecule is CCC(OC(=O)c1cnn(-c2ccccc2)c1C)C(=O)Nc1cc(C)on1. The van der Waals surface area contributed by atoms with Gasteiger partial charge in [-0.05, 0) is 32.4 Å². The van der Waals surface area contributed by atoms with Crippen LogP contribution in [-0.2, 0) is 9.53 Å². The Morgan fingerprint density at radius 2 is 2.00 bits per heavy atom. The molecule has 0 fully saturated rings. The summed E-state index contributed by atoms with van der Waals surface area (Å²) in [7, 11) is 0. The molecule has 8 heteroatoms. The van der Waals surface area contributed by atoms with Gasteiger partial charge in [-0.25, -0.2) is 9.48 Å². The highest BCUT2D eigenvalue weighted by Crippen LogP contribution is 2.17. The summed E-state index contributed by atoms with van der Waals surface area (Å²) in [5, 5.41) is 10.5. The van der Waals surface area contributed by atoms with Gasteiger partial charge in [0.1, 0.15) is 11.3 Å². The summed E-state index contributed by atoms with van der Waals surface area (Å²) in [6.07, 6.45) is 0.810. The van der Waals surface area contributed by atoms with Crippen molar-refractivity contribution in [1.82, 2.24) is 14.9 Å². The number of para-hydroxylation sites is 1. The average molecular weight is 368 g/mol. The van der Waals surface area contributed by atoms with Crippen molar-refractivity contribution in [3.8, 4) is 5.69 Å². The zero-order chi connectivity index (χ0) is 19.4. The highest BCUT2D eigenvalue weighted by molar-refractivity contribution is 5.97. The number of nitrogens with one attached hydrogen (secondary N) is 1. The van der Waals surface area contributed by atoms with Gasteiger partial charge in [0.05, 0.1) is 17.6 Å². The van der Waals surface area contributed by atoms with E-state index in [1.165, 1.54) is 6.20 Å². The molecule has 3 aromatic rings. The van der Waals surface area contributed by atoms with Gasteiger partial charge in [0.25, 0.3) is 5.91 Å². The van der Waals surface area contributed by atoms with E-state index in [4.69, 9.17) is 9.26 Å². The van der Waals surface area contributed by atoms with Crippen LogP contribution in [0.1, 0.15) is 35.2 Å². The Balaban J connectivity index is 1.72. The summed E-state index contributed by atoms with van der Waals surface area (Å²) < 4.78 is 11.9. The fourth-order valence-corrected chi connectivity index (χ4v) is 2.59. The zero-order valence-corrected chi connectivity index (χ0v) is 15.3. The van der Waals surface area contributed by atoms with Crippen molar-refractivity contribution in [3.63, 3.8) is 0 Å². The number of benzene rings is 1. The van der Waals surface area contributed by atoms with E-state index in [1.807, 2.05) is 30.3 Å². The lowest BCUT2D eigenvalue weighted by Crippen LogP contribution is -2.32. The Labute approximate surface area is 156 Å². The first kappa shape index (κ1) is 18.4. The molecule has 0 aliphatic carbocycles. The first-order chi connectivity index (χ1) is 13.0. The zero-order valence-electron chi connectivity index (χ0n) is 15.3. The molecule has 2 aromatic heterocycles. The second kappa shape index (κ2) is 7.86. The molecule has 27 heavy (non-hydrogen) atoms. The van der Waals surface area contributed by atoms with Crippen LogP contribution >= 0.6 is 0 Å². The van der Waals surface area contributed by atoms with Crippen LogP contribution in [0.2, 0.25) is 0 Å². The minimum atomic E-state index is -0.950. The molecule has 0 bridgehead atoms. The molecule has 2 heterocycles. The van der Waals surface area contributed by atoms with Gasteiger partial charge in [-0.3, -0.25) is 4.79 Å². The fraction of sp³-hybridized carbons (Fsp3) is 0.263. The standard InChI is InChI=1S/C19H20N4O4/c1-4-16(18(24)21-17-10-12(2)27-22-17)26-19(25)15-11-20-23(13(15)3)14-8-6-5-7-9-14/h5-11,16H,4H2,1-3H3,(H,21,22,24). The Bertz CT molecular complexity index is 946. The van der Waals surface area contributed by atoms with E-state index >= 15 is 0 Å². The monoisotopic (exact) mass is 368 g/mol. The predicted octanol–water partition coefficient (Wildman–Crippen LogP) is 3.05. The van der Waals surface area contributed by atoms with Gasteiger partial charge in [-0.15, -0.1) is 0 Å². The summed E-state index contributed by atoms with van der Waals surface area (Å²) >= 11 is 0. The predicted molar refractivity (Wildman–Crippen MR) is 97.7 cm³/mol. The molecule has 3 rings (SSSR count). The maximum atomic E-state index is 12.6. The number of anilines is 1. The number of hydrogen-bond donors (Lipinski definition) is 1. The summed E-state index contributed by atoms with van der Waals surface area (Å²) in [5.41, 5.74) is 1.77. The molecule has 1 N–H and O–H groups in total. The molecule has 0 saturated heterocycles. The molecule has 0 saturated carbocycles. The number of amides is 1. The molecular weight excluding hydrogens is 348 g/mol. The van der Waals surface area contributed by atoms with Gasteiger partial charge >= 0.3 is 5.97 Å². The van der Waals surface area contributed by atoms with Crippen LogP contribution in [0.3, 0.4) is 0 Å². The molecule has 0 aliphatic heterocycles. The van der Waals surface area contributed by atoms with Gasteiger partial charge in [0, 0.05) is 6.07 Å². The molecule has 0 radical (unpaired) electrons. The normalized spacial score (nSPS) is 11.8. The molecule has 1 atom stereocenters.